The van der Waals surface area contributed by atoms with Gasteiger partial charge in [0.25, 0.3) is 0 Å². The molecule has 29 heavy (non-hydrogen) atoms. The van der Waals surface area contributed by atoms with E-state index in [4.69, 9.17) is 0 Å². The van der Waals surface area contributed by atoms with Crippen LogP contribution in [0.25, 0.3) is 17.3 Å². The molecule has 0 aliphatic rings. The van der Waals surface area contributed by atoms with Gasteiger partial charge in [-0.3, -0.25) is 4.79 Å². The summed E-state index contributed by atoms with van der Waals surface area (Å²) in [6, 6.07) is 9.14. The van der Waals surface area contributed by atoms with E-state index < -0.39 is 28.6 Å². The van der Waals surface area contributed by atoms with Gasteiger partial charge in [-0.05, 0) is 67.0 Å². The van der Waals surface area contributed by atoms with E-state index in [9.17, 15) is 28.6 Å². The minimum atomic E-state index is -1.37. The fraction of sp³-hybridized carbons (Fsp3) is 0.0909. The van der Waals surface area contributed by atoms with E-state index in [0.717, 1.165) is 12.1 Å². The van der Waals surface area contributed by atoms with Crippen molar-refractivity contribution in [3.05, 3.63) is 92.9 Å². The molecular formula is C22H17F2NO4. The molecular weight excluding hydrogens is 380 g/mol. The maximum Gasteiger partial charge on any atom is 0.341 e. The molecule has 0 fully saturated rings. The van der Waals surface area contributed by atoms with Crippen molar-refractivity contribution in [3.63, 3.8) is 0 Å². The van der Waals surface area contributed by atoms with E-state index in [1.807, 2.05) is 0 Å². The minimum absolute atomic E-state index is 0.0429. The van der Waals surface area contributed by atoms with Crippen molar-refractivity contribution in [2.75, 3.05) is 0 Å². The number of aromatic carboxylic acids is 1. The summed E-state index contributed by atoms with van der Waals surface area (Å²) in [6.07, 6.45) is 2.77. The highest BCUT2D eigenvalue weighted by atomic mass is 19.2. The lowest BCUT2D eigenvalue weighted by Gasteiger charge is -2.17. The predicted molar refractivity (Wildman–Crippen MR) is 105 cm³/mol. The Labute approximate surface area is 164 Å². The summed E-state index contributed by atoms with van der Waals surface area (Å²) in [7, 11) is 0. The molecule has 148 valence electrons. The predicted octanol–water partition coefficient (Wildman–Crippen LogP) is 4.39. The summed E-state index contributed by atoms with van der Waals surface area (Å²) in [4.78, 5) is 23.7. The lowest BCUT2D eigenvalue weighted by atomic mass is 10.1. The molecule has 0 amide bonds. The Bertz CT molecular complexity index is 1210. The second-order valence-corrected chi connectivity index (χ2v) is 6.58. The SMILES string of the molecule is C/C(=C\c1ccc(F)c(F)c1)c1cc(=O)c(C(=O)O)cn1-c1ccc(O)cc1C. The fourth-order valence-electron chi connectivity index (χ4n) is 3.03. The number of aromatic nitrogens is 1. The maximum atomic E-state index is 13.5. The van der Waals surface area contributed by atoms with Crippen LogP contribution in [0.3, 0.4) is 0 Å². The minimum Gasteiger partial charge on any atom is -0.508 e. The Morgan fingerprint density at radius 3 is 2.41 bits per heavy atom. The number of halogens is 2. The molecule has 0 atom stereocenters. The monoisotopic (exact) mass is 397 g/mol. The first kappa shape index (κ1) is 20.0. The topological polar surface area (TPSA) is 79.5 Å². The van der Waals surface area contributed by atoms with Crippen molar-refractivity contribution in [3.8, 4) is 11.4 Å². The van der Waals surface area contributed by atoms with Crippen molar-refractivity contribution < 1.29 is 23.8 Å². The number of rotatable bonds is 4. The number of allylic oxidation sites excluding steroid dienone is 1. The normalized spacial score (nSPS) is 11.5. The highest BCUT2D eigenvalue weighted by Gasteiger charge is 2.16. The zero-order valence-electron chi connectivity index (χ0n) is 15.6. The summed E-state index contributed by atoms with van der Waals surface area (Å²) >= 11 is 0. The number of aromatic hydroxyl groups is 1. The lowest BCUT2D eigenvalue weighted by molar-refractivity contribution is 0.0694. The van der Waals surface area contributed by atoms with E-state index in [-0.39, 0.29) is 5.75 Å². The largest absolute Gasteiger partial charge is 0.508 e. The van der Waals surface area contributed by atoms with Gasteiger partial charge in [-0.15, -0.1) is 0 Å². The molecule has 3 rings (SSSR count). The molecule has 0 unspecified atom stereocenters. The number of phenolic OH excluding ortho intramolecular Hbond substituents is 1. The number of aryl methyl sites for hydroxylation is 1. The van der Waals surface area contributed by atoms with Crippen LogP contribution in [0.15, 0.2) is 53.5 Å². The van der Waals surface area contributed by atoms with E-state index in [0.29, 0.717) is 28.1 Å². The molecule has 2 N–H and O–H groups in total. The number of benzene rings is 2. The summed E-state index contributed by atoms with van der Waals surface area (Å²) < 4.78 is 28.2. The van der Waals surface area contributed by atoms with Crippen LogP contribution in [0.5, 0.6) is 5.75 Å². The third-order valence-corrected chi connectivity index (χ3v) is 4.45. The summed E-state index contributed by atoms with van der Waals surface area (Å²) in [5.41, 5.74) is 1.38. The molecule has 0 saturated heterocycles. The van der Waals surface area contributed by atoms with Crippen LogP contribution in [-0.2, 0) is 0 Å². The molecule has 0 aliphatic carbocycles. The first-order chi connectivity index (χ1) is 13.7. The highest BCUT2D eigenvalue weighted by molar-refractivity contribution is 5.88. The first-order valence-corrected chi connectivity index (χ1v) is 8.61. The number of nitrogens with zero attached hydrogens (tertiary/aromatic N) is 1. The van der Waals surface area contributed by atoms with Gasteiger partial charge in [0, 0.05) is 18.0 Å². The van der Waals surface area contributed by atoms with Gasteiger partial charge >= 0.3 is 5.97 Å². The van der Waals surface area contributed by atoms with E-state index in [2.05, 4.69) is 0 Å². The van der Waals surface area contributed by atoms with Gasteiger partial charge in [0.15, 0.2) is 17.1 Å². The molecule has 3 aromatic rings. The molecule has 0 spiro atoms. The zero-order chi connectivity index (χ0) is 21.3. The van der Waals surface area contributed by atoms with Crippen molar-refractivity contribution in [1.82, 2.24) is 4.57 Å². The van der Waals surface area contributed by atoms with Gasteiger partial charge in [-0.2, -0.15) is 0 Å². The van der Waals surface area contributed by atoms with Gasteiger partial charge in [0.05, 0.1) is 5.69 Å². The lowest BCUT2D eigenvalue weighted by Crippen LogP contribution is -2.19. The Morgan fingerprint density at radius 1 is 1.07 bits per heavy atom. The number of carboxylic acids is 1. The fourth-order valence-corrected chi connectivity index (χ4v) is 3.03. The molecule has 7 heteroatoms. The van der Waals surface area contributed by atoms with Crippen molar-refractivity contribution >= 4 is 17.6 Å². The summed E-state index contributed by atoms with van der Waals surface area (Å²) in [5, 5.41) is 19.0. The number of hydrogen-bond acceptors (Lipinski definition) is 3. The first-order valence-electron chi connectivity index (χ1n) is 8.61. The summed E-state index contributed by atoms with van der Waals surface area (Å²) in [5.74, 6) is -3.29. The molecule has 0 saturated carbocycles. The van der Waals surface area contributed by atoms with Crippen LogP contribution in [0, 0.1) is 18.6 Å². The zero-order valence-corrected chi connectivity index (χ0v) is 15.6. The van der Waals surface area contributed by atoms with Gasteiger partial charge in [0.1, 0.15) is 11.3 Å². The Kier molecular flexibility index (Phi) is 5.32. The van der Waals surface area contributed by atoms with E-state index in [1.165, 1.54) is 35.0 Å². The van der Waals surface area contributed by atoms with Crippen LogP contribution in [0.2, 0.25) is 0 Å². The number of pyridine rings is 1. The highest BCUT2D eigenvalue weighted by Crippen LogP contribution is 2.25. The Morgan fingerprint density at radius 2 is 1.79 bits per heavy atom. The third kappa shape index (κ3) is 4.08. The van der Waals surface area contributed by atoms with Gasteiger partial charge in [0.2, 0.25) is 0 Å². The average molecular weight is 397 g/mol. The second-order valence-electron chi connectivity index (χ2n) is 6.58. The standard InChI is InChI=1S/C22H17F2NO4/c1-12(7-14-3-5-17(23)18(24)9-14)20-10-21(27)16(22(28)29)11-25(20)19-6-4-15(26)8-13(19)2/h3-11,26H,1-2H3,(H,28,29)/b12-7+. The van der Waals surface area contributed by atoms with Crippen LogP contribution in [-0.4, -0.2) is 20.7 Å². The molecule has 1 heterocycles. The molecule has 2 aromatic carbocycles. The average Bonchev–Trinajstić information content (AvgIpc) is 2.64. The molecule has 0 bridgehead atoms. The van der Waals surface area contributed by atoms with Crippen LogP contribution >= 0.6 is 0 Å². The van der Waals surface area contributed by atoms with Gasteiger partial charge in [-0.1, -0.05) is 6.07 Å². The van der Waals surface area contributed by atoms with Crippen LogP contribution < -0.4 is 5.43 Å². The van der Waals surface area contributed by atoms with Crippen LogP contribution in [0.4, 0.5) is 8.78 Å². The quantitative estimate of drug-likeness (QED) is 0.684. The number of carbonyl (C=O) groups is 1. The molecule has 1 aromatic heterocycles. The van der Waals surface area contributed by atoms with E-state index in [1.54, 1.807) is 26.0 Å². The smallest absolute Gasteiger partial charge is 0.341 e. The second kappa shape index (κ2) is 7.71. The van der Waals surface area contributed by atoms with Gasteiger partial charge in [-0.25, -0.2) is 13.6 Å². The maximum absolute atomic E-state index is 13.5. The number of hydrogen-bond donors (Lipinski definition) is 2. The Balaban J connectivity index is 2.25. The summed E-state index contributed by atoms with van der Waals surface area (Å²) in [6.45, 7) is 3.40. The van der Waals surface area contributed by atoms with Gasteiger partial charge < -0.3 is 14.8 Å². The van der Waals surface area contributed by atoms with Crippen molar-refractivity contribution in [2.45, 2.75) is 13.8 Å². The molecule has 0 aliphatic heterocycles. The third-order valence-electron chi connectivity index (χ3n) is 4.45. The number of phenols is 1. The van der Waals surface area contributed by atoms with E-state index >= 15 is 0 Å². The number of carboxylic acid groups (broad SMARTS) is 1. The van der Waals surface area contributed by atoms with Crippen molar-refractivity contribution in [2.24, 2.45) is 0 Å². The molecule has 5 nitrogen and oxygen atoms in total. The van der Waals surface area contributed by atoms with Crippen LogP contribution in [0.1, 0.15) is 34.1 Å². The molecule has 0 radical (unpaired) electrons. The van der Waals surface area contributed by atoms with Crippen molar-refractivity contribution in [1.29, 1.82) is 0 Å². The Hall–Kier alpha value is -3.74.